The van der Waals surface area contributed by atoms with Crippen molar-refractivity contribution in [3.63, 3.8) is 0 Å². The van der Waals surface area contributed by atoms with E-state index in [1.165, 1.54) is 6.92 Å². The van der Waals surface area contributed by atoms with Crippen molar-refractivity contribution in [3.05, 3.63) is 58.7 Å². The molecule has 0 spiro atoms. The molecule has 0 unspecified atom stereocenters. The standard InChI is InChI=1S/C21H25N3O3/c1-13(2)19-11-17(14(3)10-20(19)27-5)12-22-24-21(26)16-6-8-18(9-7-16)23-15(4)25/h6-13H,1-5H3,(H,23,25)(H,24,26). The summed E-state index contributed by atoms with van der Waals surface area (Å²) in [5.74, 6) is 0.677. The van der Waals surface area contributed by atoms with Gasteiger partial charge in [0, 0.05) is 18.2 Å². The largest absolute Gasteiger partial charge is 0.496 e. The first-order chi connectivity index (χ1) is 12.8. The van der Waals surface area contributed by atoms with Gasteiger partial charge in [0.2, 0.25) is 5.91 Å². The van der Waals surface area contributed by atoms with Crippen LogP contribution in [-0.4, -0.2) is 25.1 Å². The van der Waals surface area contributed by atoms with Crippen molar-refractivity contribution in [2.24, 2.45) is 5.10 Å². The van der Waals surface area contributed by atoms with Gasteiger partial charge in [-0.15, -0.1) is 0 Å². The monoisotopic (exact) mass is 367 g/mol. The number of nitrogens with one attached hydrogen (secondary N) is 2. The van der Waals surface area contributed by atoms with Crippen LogP contribution < -0.4 is 15.5 Å². The molecule has 0 radical (unpaired) electrons. The SMILES string of the molecule is COc1cc(C)c(C=NNC(=O)c2ccc(NC(C)=O)cc2)cc1C(C)C. The van der Waals surface area contributed by atoms with E-state index < -0.39 is 0 Å². The zero-order chi connectivity index (χ0) is 20.0. The van der Waals surface area contributed by atoms with Crippen LogP contribution in [-0.2, 0) is 4.79 Å². The van der Waals surface area contributed by atoms with Crippen molar-refractivity contribution in [1.82, 2.24) is 5.43 Å². The Morgan fingerprint density at radius 3 is 2.37 bits per heavy atom. The Morgan fingerprint density at radius 1 is 1.15 bits per heavy atom. The smallest absolute Gasteiger partial charge is 0.271 e. The molecule has 0 heterocycles. The Balaban J connectivity index is 2.09. The second-order valence-corrected chi connectivity index (χ2v) is 6.56. The predicted molar refractivity (Wildman–Crippen MR) is 108 cm³/mol. The van der Waals surface area contributed by atoms with Gasteiger partial charge in [0.1, 0.15) is 5.75 Å². The number of hydrogen-bond donors (Lipinski definition) is 2. The highest BCUT2D eigenvalue weighted by Gasteiger charge is 2.10. The molecule has 142 valence electrons. The van der Waals surface area contributed by atoms with E-state index in [1.54, 1.807) is 37.6 Å². The number of nitrogens with zero attached hydrogens (tertiary/aromatic N) is 1. The molecule has 2 aromatic carbocycles. The van der Waals surface area contributed by atoms with Crippen LogP contribution in [0.3, 0.4) is 0 Å². The summed E-state index contributed by atoms with van der Waals surface area (Å²) in [5, 5.41) is 6.73. The summed E-state index contributed by atoms with van der Waals surface area (Å²) in [6, 6.07) is 10.6. The topological polar surface area (TPSA) is 79.8 Å². The molecule has 0 aliphatic heterocycles. The molecule has 2 rings (SSSR count). The predicted octanol–water partition coefficient (Wildman–Crippen LogP) is 3.85. The number of anilines is 1. The van der Waals surface area contributed by atoms with Crippen LogP contribution in [0.1, 0.15) is 53.7 Å². The van der Waals surface area contributed by atoms with Crippen LogP contribution in [0.4, 0.5) is 5.69 Å². The van der Waals surface area contributed by atoms with E-state index in [1.807, 2.05) is 19.1 Å². The Bertz CT molecular complexity index is 856. The third-order valence-electron chi connectivity index (χ3n) is 4.08. The number of methoxy groups -OCH3 is 1. The van der Waals surface area contributed by atoms with E-state index in [-0.39, 0.29) is 11.8 Å². The van der Waals surface area contributed by atoms with E-state index in [9.17, 15) is 9.59 Å². The van der Waals surface area contributed by atoms with Crippen LogP contribution in [0.5, 0.6) is 5.75 Å². The van der Waals surface area contributed by atoms with Gasteiger partial charge in [0.15, 0.2) is 0 Å². The van der Waals surface area contributed by atoms with Crippen LogP contribution >= 0.6 is 0 Å². The highest BCUT2D eigenvalue weighted by atomic mass is 16.5. The van der Waals surface area contributed by atoms with Crippen LogP contribution in [0.15, 0.2) is 41.5 Å². The Hall–Kier alpha value is -3.15. The van der Waals surface area contributed by atoms with Gasteiger partial charge in [-0.1, -0.05) is 13.8 Å². The number of hydrogen-bond acceptors (Lipinski definition) is 4. The van der Waals surface area contributed by atoms with E-state index in [4.69, 9.17) is 4.74 Å². The molecule has 2 amide bonds. The minimum absolute atomic E-state index is 0.160. The molecule has 0 saturated heterocycles. The summed E-state index contributed by atoms with van der Waals surface area (Å²) in [7, 11) is 1.66. The van der Waals surface area contributed by atoms with Gasteiger partial charge in [-0.05, 0) is 65.9 Å². The normalized spacial score (nSPS) is 10.9. The maximum Gasteiger partial charge on any atom is 0.271 e. The fourth-order valence-corrected chi connectivity index (χ4v) is 2.62. The molecule has 0 saturated carbocycles. The Morgan fingerprint density at radius 2 is 1.81 bits per heavy atom. The summed E-state index contributed by atoms with van der Waals surface area (Å²) < 4.78 is 5.44. The van der Waals surface area contributed by atoms with Gasteiger partial charge in [0.25, 0.3) is 5.91 Å². The van der Waals surface area contributed by atoms with Crippen molar-refractivity contribution < 1.29 is 14.3 Å². The van der Waals surface area contributed by atoms with Gasteiger partial charge < -0.3 is 10.1 Å². The molecule has 2 aromatic rings. The highest BCUT2D eigenvalue weighted by molar-refractivity contribution is 5.96. The third kappa shape index (κ3) is 5.41. The minimum atomic E-state index is -0.323. The number of aryl methyl sites for hydroxylation is 1. The number of hydrazone groups is 1. The number of ether oxygens (including phenoxy) is 1. The van der Waals surface area contributed by atoms with Crippen molar-refractivity contribution in [2.45, 2.75) is 33.6 Å². The molecule has 0 fully saturated rings. The molecule has 0 aromatic heterocycles. The summed E-state index contributed by atoms with van der Waals surface area (Å²) in [6.07, 6.45) is 1.63. The zero-order valence-electron chi connectivity index (χ0n) is 16.3. The average molecular weight is 367 g/mol. The number of carbonyl (C=O) groups excluding carboxylic acids is 2. The lowest BCUT2D eigenvalue weighted by Gasteiger charge is -2.14. The second kappa shape index (κ2) is 8.98. The lowest BCUT2D eigenvalue weighted by atomic mass is 9.97. The summed E-state index contributed by atoms with van der Waals surface area (Å²) in [5.41, 5.74) is 6.63. The quantitative estimate of drug-likeness (QED) is 0.601. The molecule has 27 heavy (non-hydrogen) atoms. The maximum atomic E-state index is 12.2. The van der Waals surface area contributed by atoms with Crippen molar-refractivity contribution in [3.8, 4) is 5.75 Å². The van der Waals surface area contributed by atoms with Gasteiger partial charge in [-0.25, -0.2) is 5.43 Å². The first kappa shape index (κ1) is 20.2. The molecular weight excluding hydrogens is 342 g/mol. The first-order valence-corrected chi connectivity index (χ1v) is 8.71. The zero-order valence-corrected chi connectivity index (χ0v) is 16.3. The molecular formula is C21H25N3O3. The summed E-state index contributed by atoms with van der Waals surface area (Å²) >= 11 is 0. The van der Waals surface area contributed by atoms with E-state index in [0.29, 0.717) is 17.2 Å². The van der Waals surface area contributed by atoms with Crippen LogP contribution in [0.25, 0.3) is 0 Å². The second-order valence-electron chi connectivity index (χ2n) is 6.56. The third-order valence-corrected chi connectivity index (χ3v) is 4.08. The van der Waals surface area contributed by atoms with Crippen molar-refractivity contribution in [2.75, 3.05) is 12.4 Å². The lowest BCUT2D eigenvalue weighted by molar-refractivity contribution is -0.114. The summed E-state index contributed by atoms with van der Waals surface area (Å²) in [6.45, 7) is 7.60. The fourth-order valence-electron chi connectivity index (χ4n) is 2.62. The van der Waals surface area contributed by atoms with Gasteiger partial charge in [-0.2, -0.15) is 5.10 Å². The molecule has 2 N–H and O–H groups in total. The average Bonchev–Trinajstić information content (AvgIpc) is 2.62. The Kier molecular flexibility index (Phi) is 6.71. The number of amides is 2. The van der Waals surface area contributed by atoms with Crippen molar-refractivity contribution >= 4 is 23.7 Å². The van der Waals surface area contributed by atoms with Crippen LogP contribution in [0.2, 0.25) is 0 Å². The molecule has 0 bridgehead atoms. The van der Waals surface area contributed by atoms with Crippen molar-refractivity contribution in [1.29, 1.82) is 0 Å². The maximum absolute atomic E-state index is 12.2. The van der Waals surface area contributed by atoms with E-state index in [2.05, 4.69) is 29.7 Å². The molecule has 0 aliphatic carbocycles. The van der Waals surface area contributed by atoms with E-state index >= 15 is 0 Å². The molecule has 6 nitrogen and oxygen atoms in total. The van der Waals surface area contributed by atoms with Gasteiger partial charge in [0.05, 0.1) is 13.3 Å². The molecule has 6 heteroatoms. The minimum Gasteiger partial charge on any atom is -0.496 e. The number of carbonyl (C=O) groups is 2. The molecule has 0 aliphatic rings. The number of benzene rings is 2. The van der Waals surface area contributed by atoms with E-state index in [0.717, 1.165) is 22.4 Å². The Labute approximate surface area is 159 Å². The van der Waals surface area contributed by atoms with Crippen LogP contribution in [0, 0.1) is 6.92 Å². The fraction of sp³-hybridized carbons (Fsp3) is 0.286. The number of rotatable bonds is 6. The first-order valence-electron chi connectivity index (χ1n) is 8.71. The summed E-state index contributed by atoms with van der Waals surface area (Å²) in [4.78, 5) is 23.2. The van der Waals surface area contributed by atoms with Gasteiger partial charge >= 0.3 is 0 Å². The van der Waals surface area contributed by atoms with Gasteiger partial charge in [-0.3, -0.25) is 9.59 Å². The lowest BCUT2D eigenvalue weighted by Crippen LogP contribution is -2.17. The molecule has 0 atom stereocenters. The highest BCUT2D eigenvalue weighted by Crippen LogP contribution is 2.29.